The molecule has 0 saturated carbocycles. The first-order chi connectivity index (χ1) is 19.6. The van der Waals surface area contributed by atoms with Crippen molar-refractivity contribution in [1.29, 1.82) is 0 Å². The van der Waals surface area contributed by atoms with Gasteiger partial charge >= 0.3 is 0 Å². The van der Waals surface area contributed by atoms with Crippen LogP contribution in [0.25, 0.3) is 10.9 Å². The van der Waals surface area contributed by atoms with E-state index in [1.54, 1.807) is 7.11 Å². The molecule has 0 spiro atoms. The number of fused-ring (bicyclic) bond motifs is 4. The molecule has 6 rings (SSSR count). The highest BCUT2D eigenvalue weighted by Crippen LogP contribution is 2.43. The van der Waals surface area contributed by atoms with Gasteiger partial charge in [0.2, 0.25) is 0 Å². The van der Waals surface area contributed by atoms with Gasteiger partial charge < -0.3 is 4.74 Å². The van der Waals surface area contributed by atoms with Crippen LogP contribution in [0.5, 0.6) is 5.75 Å². The molecule has 4 heterocycles. The van der Waals surface area contributed by atoms with Gasteiger partial charge in [-0.3, -0.25) is 9.88 Å². The summed E-state index contributed by atoms with van der Waals surface area (Å²) < 4.78 is 24.1. The van der Waals surface area contributed by atoms with Crippen molar-refractivity contribution in [3.8, 4) is 5.75 Å². The van der Waals surface area contributed by atoms with Crippen LogP contribution < -0.4 is 9.46 Å². The second kappa shape index (κ2) is 12.4. The van der Waals surface area contributed by atoms with Gasteiger partial charge in [0.05, 0.1) is 23.6 Å². The fraction of sp³-hybridized carbons (Fsp3) is 0.514. The van der Waals surface area contributed by atoms with E-state index in [0.717, 1.165) is 46.6 Å². The number of methoxy groups -OCH3 is 1. The summed E-state index contributed by atoms with van der Waals surface area (Å²) in [5.41, 5.74) is 5.73. The molecule has 3 saturated heterocycles. The van der Waals surface area contributed by atoms with Gasteiger partial charge in [-0.05, 0) is 95.5 Å². The largest absolute Gasteiger partial charge is 0.497 e. The number of nitrogens with one attached hydrogen (secondary N) is 1. The van der Waals surface area contributed by atoms with E-state index < -0.39 is 11.0 Å². The average Bonchev–Trinajstić information content (AvgIpc) is 2.98. The maximum absolute atomic E-state index is 14.7. The summed E-state index contributed by atoms with van der Waals surface area (Å²) in [6.45, 7) is 19.5. The summed E-state index contributed by atoms with van der Waals surface area (Å²) in [7, 11) is 0.287. The monoisotopic (exact) mass is 573 g/mol. The van der Waals surface area contributed by atoms with Crippen molar-refractivity contribution in [1.82, 2.24) is 14.6 Å². The number of rotatable bonds is 10. The van der Waals surface area contributed by atoms with E-state index >= 15 is 0 Å². The Bertz CT molecular complexity index is 1400. The van der Waals surface area contributed by atoms with Crippen LogP contribution in [0.15, 0.2) is 60.1 Å². The van der Waals surface area contributed by atoms with E-state index in [0.29, 0.717) is 17.8 Å². The van der Waals surface area contributed by atoms with Gasteiger partial charge in [-0.2, -0.15) is 0 Å². The highest BCUT2D eigenvalue weighted by atomic mass is 32.2. The van der Waals surface area contributed by atoms with E-state index in [4.69, 9.17) is 4.74 Å². The number of nitrogens with zero attached hydrogens (tertiary/aromatic N) is 2. The van der Waals surface area contributed by atoms with E-state index in [9.17, 15) is 4.21 Å². The molecule has 5 nitrogen and oxygen atoms in total. The number of piperidine rings is 3. The quantitative estimate of drug-likeness (QED) is 0.251. The van der Waals surface area contributed by atoms with E-state index in [2.05, 4.69) is 93.1 Å². The third kappa shape index (κ3) is 5.89. The number of pyridine rings is 1. The Morgan fingerprint density at radius 2 is 1.73 bits per heavy atom. The standard InChI is InChI=1S/C35H47N3O2S/c1-9-24-20-38-15-13-25(24)18-33(38)34(28-12-14-36-32-11-10-27(40-8)19-31(28)32)37-41(39)35-29(22(4)5)16-26(21(2)3)17-30(35)23(6)7/h9-12,14,16-17,19,21-25,33-34,37H,1,13,15,18,20H2,2-8H3/t24?,25?,33?,34-,41?/m0/s1. The van der Waals surface area contributed by atoms with Crippen molar-refractivity contribution < 1.29 is 8.95 Å². The third-order valence-electron chi connectivity index (χ3n) is 9.36. The predicted molar refractivity (Wildman–Crippen MR) is 171 cm³/mol. The number of benzene rings is 2. The molecule has 1 aromatic heterocycles. The molecule has 3 fully saturated rings. The minimum absolute atomic E-state index is 0.133. The van der Waals surface area contributed by atoms with E-state index in [-0.39, 0.29) is 23.9 Å². The highest BCUT2D eigenvalue weighted by Gasteiger charge is 2.43. The van der Waals surface area contributed by atoms with E-state index in [1.165, 1.54) is 23.1 Å². The maximum atomic E-state index is 14.7. The van der Waals surface area contributed by atoms with Crippen LogP contribution in [0, 0.1) is 11.8 Å². The van der Waals surface area contributed by atoms with Crippen LogP contribution in [0.3, 0.4) is 0 Å². The SMILES string of the molecule is C=CC1CN2CCC1CC2[C@@H](NS(=O)c1c(C(C)C)cc(C(C)C)cc1C(C)C)c1ccnc2ccc(OC)cc12. The van der Waals surface area contributed by atoms with Gasteiger partial charge in [0.1, 0.15) is 16.7 Å². The molecular weight excluding hydrogens is 526 g/mol. The predicted octanol–water partition coefficient (Wildman–Crippen LogP) is 7.86. The van der Waals surface area contributed by atoms with Crippen LogP contribution >= 0.6 is 0 Å². The fourth-order valence-electron chi connectivity index (χ4n) is 6.90. The molecule has 41 heavy (non-hydrogen) atoms. The zero-order valence-corrected chi connectivity index (χ0v) is 26.6. The Kier molecular flexibility index (Phi) is 9.03. The zero-order valence-electron chi connectivity index (χ0n) is 25.8. The lowest BCUT2D eigenvalue weighted by Crippen LogP contribution is -2.57. The number of hydrogen-bond acceptors (Lipinski definition) is 4. The van der Waals surface area contributed by atoms with Crippen LogP contribution in [-0.4, -0.2) is 40.3 Å². The van der Waals surface area contributed by atoms with Gasteiger partial charge in [-0.25, -0.2) is 8.93 Å². The van der Waals surface area contributed by atoms with Crippen molar-refractivity contribution in [2.75, 3.05) is 20.2 Å². The summed E-state index contributed by atoms with van der Waals surface area (Å²) in [6, 6.07) is 12.8. The van der Waals surface area contributed by atoms with Crippen molar-refractivity contribution in [3.63, 3.8) is 0 Å². The molecule has 0 radical (unpaired) electrons. The molecule has 2 aromatic carbocycles. The third-order valence-corrected chi connectivity index (χ3v) is 10.7. The zero-order chi connectivity index (χ0) is 29.4. The maximum Gasteiger partial charge on any atom is 0.126 e. The van der Waals surface area contributed by atoms with Gasteiger partial charge in [0.15, 0.2) is 0 Å². The first-order valence-electron chi connectivity index (χ1n) is 15.3. The summed E-state index contributed by atoms with van der Waals surface area (Å²) in [5, 5.41) is 1.05. The Morgan fingerprint density at radius 3 is 2.29 bits per heavy atom. The Balaban J connectivity index is 1.64. The van der Waals surface area contributed by atoms with Gasteiger partial charge in [-0.1, -0.05) is 59.8 Å². The van der Waals surface area contributed by atoms with Gasteiger partial charge in [0.25, 0.3) is 0 Å². The van der Waals surface area contributed by atoms with Crippen molar-refractivity contribution in [2.24, 2.45) is 11.8 Å². The molecule has 2 bridgehead atoms. The van der Waals surface area contributed by atoms with Crippen LogP contribution in [0.4, 0.5) is 0 Å². The minimum Gasteiger partial charge on any atom is -0.497 e. The Labute approximate surface area is 249 Å². The lowest BCUT2D eigenvalue weighted by Gasteiger charge is -2.51. The molecule has 3 aromatic rings. The lowest BCUT2D eigenvalue weighted by atomic mass is 9.73. The second-order valence-corrected chi connectivity index (χ2v) is 14.1. The minimum atomic E-state index is -1.41. The normalized spacial score (nSPS) is 23.9. The average molecular weight is 574 g/mol. The number of hydrogen-bond donors (Lipinski definition) is 1. The molecule has 220 valence electrons. The topological polar surface area (TPSA) is 54.5 Å². The van der Waals surface area contributed by atoms with Crippen LogP contribution in [0.2, 0.25) is 0 Å². The smallest absolute Gasteiger partial charge is 0.126 e. The molecule has 1 N–H and O–H groups in total. The summed E-state index contributed by atoms with van der Waals surface area (Å²) >= 11 is 0. The summed E-state index contributed by atoms with van der Waals surface area (Å²) in [5.74, 6) is 2.86. The summed E-state index contributed by atoms with van der Waals surface area (Å²) in [6.07, 6.45) is 6.28. The molecule has 5 unspecified atom stereocenters. The first-order valence-corrected chi connectivity index (χ1v) is 16.4. The van der Waals surface area contributed by atoms with Crippen LogP contribution in [-0.2, 0) is 11.0 Å². The molecule has 6 heteroatoms. The highest BCUT2D eigenvalue weighted by molar-refractivity contribution is 7.83. The first kappa shape index (κ1) is 29.9. The van der Waals surface area contributed by atoms with E-state index in [1.807, 2.05) is 18.3 Å². The second-order valence-electron chi connectivity index (χ2n) is 12.9. The molecule has 3 aliphatic heterocycles. The number of aromatic nitrogens is 1. The van der Waals surface area contributed by atoms with Gasteiger partial charge in [-0.15, -0.1) is 6.58 Å². The molecule has 6 atom stereocenters. The molecule has 0 aliphatic carbocycles. The van der Waals surface area contributed by atoms with Crippen LogP contribution in [0.1, 0.15) is 100 Å². The fourth-order valence-corrected chi connectivity index (χ4v) is 8.55. The number of ether oxygens (including phenoxy) is 1. The van der Waals surface area contributed by atoms with Crippen molar-refractivity contribution in [3.05, 3.63) is 77.5 Å². The van der Waals surface area contributed by atoms with Gasteiger partial charge in [0, 0.05) is 24.2 Å². The molecular formula is C35H47N3O2S. The van der Waals surface area contributed by atoms with Crippen molar-refractivity contribution in [2.45, 2.75) is 89.1 Å². The Morgan fingerprint density at radius 1 is 1.02 bits per heavy atom. The lowest BCUT2D eigenvalue weighted by molar-refractivity contribution is 0.00510. The molecule has 0 amide bonds. The summed E-state index contributed by atoms with van der Waals surface area (Å²) in [4.78, 5) is 8.23. The van der Waals surface area contributed by atoms with Crippen molar-refractivity contribution >= 4 is 21.9 Å². The molecule has 3 aliphatic rings. The Hall–Kier alpha value is -2.54.